The normalized spacial score (nSPS) is 13.3. The highest BCUT2D eigenvalue weighted by Gasteiger charge is 2.26. The molecule has 22 heavy (non-hydrogen) atoms. The van der Waals surface area contributed by atoms with Crippen LogP contribution in [0.2, 0.25) is 0 Å². The molecule has 0 bridgehead atoms. The number of hydrogen-bond donors (Lipinski definition) is 0. The molecule has 0 aliphatic carbocycles. The number of rotatable bonds is 13. The van der Waals surface area contributed by atoms with Crippen molar-refractivity contribution in [2.24, 2.45) is 5.92 Å². The molecule has 1 atom stereocenters. The van der Waals surface area contributed by atoms with Gasteiger partial charge >= 0.3 is 0 Å². The van der Waals surface area contributed by atoms with Crippen LogP contribution < -0.4 is 0 Å². The van der Waals surface area contributed by atoms with E-state index in [1.807, 2.05) is 27.7 Å². The van der Waals surface area contributed by atoms with E-state index in [0.717, 1.165) is 19.5 Å². The summed E-state index contributed by atoms with van der Waals surface area (Å²) >= 11 is 0. The zero-order valence-corrected chi connectivity index (χ0v) is 16.2. The summed E-state index contributed by atoms with van der Waals surface area (Å²) in [4.78, 5) is 0. The molecule has 0 amide bonds. The Hall–Kier alpha value is -0.200. The molecule has 0 N–H and O–H groups in total. The van der Waals surface area contributed by atoms with Crippen LogP contribution in [0.1, 0.15) is 73.6 Å². The Morgan fingerprint density at radius 1 is 1.09 bits per heavy atom. The van der Waals surface area contributed by atoms with Crippen LogP contribution in [0.15, 0.2) is 0 Å². The van der Waals surface area contributed by atoms with Gasteiger partial charge in [0.2, 0.25) is 0 Å². The summed E-state index contributed by atoms with van der Waals surface area (Å²) in [6.45, 7) is 14.3. The van der Waals surface area contributed by atoms with E-state index < -0.39 is 8.53 Å². The Bertz CT molecular complexity index is 296. The number of hydrogen-bond acceptors (Lipinski definition) is 4. The lowest BCUT2D eigenvalue weighted by Gasteiger charge is -2.33. The minimum Gasteiger partial charge on any atom is -0.319 e. The van der Waals surface area contributed by atoms with Crippen molar-refractivity contribution in [3.8, 4) is 6.07 Å². The molecule has 0 fully saturated rings. The molecule has 1 unspecified atom stereocenters. The first-order chi connectivity index (χ1) is 10.4. The van der Waals surface area contributed by atoms with Crippen LogP contribution in [-0.4, -0.2) is 30.0 Å². The molecule has 0 rings (SSSR count). The molecule has 0 aromatic rings. The SMILES string of the molecule is CCCCC(CC)CN(CCC#N)P(OC(C)C)OC(C)C. The number of nitriles is 1. The summed E-state index contributed by atoms with van der Waals surface area (Å²) in [5, 5.41) is 8.94. The third-order valence-electron chi connectivity index (χ3n) is 3.33. The summed E-state index contributed by atoms with van der Waals surface area (Å²) in [6, 6.07) is 2.25. The van der Waals surface area contributed by atoms with E-state index in [1.54, 1.807) is 0 Å². The molecule has 0 aliphatic rings. The molecular weight excluding hydrogens is 295 g/mol. The van der Waals surface area contributed by atoms with Gasteiger partial charge in [0.1, 0.15) is 0 Å². The standard InChI is InChI=1S/C17H35N2O2P/c1-7-9-11-17(8-2)14-19(13-10-12-18)22(20-15(3)4)21-16(5)6/h15-17H,7-11,13-14H2,1-6H3. The first-order valence-electron chi connectivity index (χ1n) is 8.69. The Kier molecular flexibility index (Phi) is 13.1. The zero-order valence-electron chi connectivity index (χ0n) is 15.3. The second-order valence-electron chi connectivity index (χ2n) is 6.28. The van der Waals surface area contributed by atoms with E-state index in [4.69, 9.17) is 14.3 Å². The molecule has 0 heterocycles. The maximum Gasteiger partial charge on any atom is 0.259 e. The Morgan fingerprint density at radius 2 is 1.68 bits per heavy atom. The second kappa shape index (κ2) is 13.3. The molecular formula is C17H35N2O2P. The van der Waals surface area contributed by atoms with Crippen molar-refractivity contribution < 1.29 is 9.05 Å². The minimum absolute atomic E-state index is 0.130. The van der Waals surface area contributed by atoms with Gasteiger partial charge in [0.25, 0.3) is 8.53 Å². The van der Waals surface area contributed by atoms with Crippen molar-refractivity contribution in [3.63, 3.8) is 0 Å². The third kappa shape index (κ3) is 10.5. The average Bonchev–Trinajstić information content (AvgIpc) is 2.45. The lowest BCUT2D eigenvalue weighted by Crippen LogP contribution is -2.29. The second-order valence-corrected chi connectivity index (χ2v) is 7.75. The van der Waals surface area contributed by atoms with E-state index in [-0.39, 0.29) is 12.2 Å². The van der Waals surface area contributed by atoms with Gasteiger partial charge in [0.15, 0.2) is 0 Å². The molecule has 0 aromatic heterocycles. The van der Waals surface area contributed by atoms with Crippen LogP contribution >= 0.6 is 8.53 Å². The summed E-state index contributed by atoms with van der Waals surface area (Å²) in [5.74, 6) is 0.648. The molecule has 0 aliphatic heterocycles. The lowest BCUT2D eigenvalue weighted by molar-refractivity contribution is 0.138. The van der Waals surface area contributed by atoms with Gasteiger partial charge in [-0.05, 0) is 40.0 Å². The molecule has 0 radical (unpaired) electrons. The van der Waals surface area contributed by atoms with E-state index in [0.29, 0.717) is 12.3 Å². The predicted molar refractivity (Wildman–Crippen MR) is 94.5 cm³/mol. The van der Waals surface area contributed by atoms with Crippen molar-refractivity contribution in [1.29, 1.82) is 5.26 Å². The van der Waals surface area contributed by atoms with Gasteiger partial charge in [-0.25, -0.2) is 4.67 Å². The Labute approximate surface area is 139 Å². The smallest absolute Gasteiger partial charge is 0.259 e. The van der Waals surface area contributed by atoms with E-state index in [9.17, 15) is 0 Å². The summed E-state index contributed by atoms with van der Waals surface area (Å²) in [6.07, 6.45) is 5.67. The monoisotopic (exact) mass is 330 g/mol. The highest BCUT2D eigenvalue weighted by Crippen LogP contribution is 2.46. The maximum atomic E-state index is 8.94. The van der Waals surface area contributed by atoms with Gasteiger partial charge in [-0.2, -0.15) is 5.26 Å². The Morgan fingerprint density at radius 3 is 2.09 bits per heavy atom. The fraction of sp³-hybridized carbons (Fsp3) is 0.941. The predicted octanol–water partition coefficient (Wildman–Crippen LogP) is 5.50. The number of unbranched alkanes of at least 4 members (excludes halogenated alkanes) is 1. The summed E-state index contributed by atoms with van der Waals surface area (Å²) in [7, 11) is -1.09. The van der Waals surface area contributed by atoms with Gasteiger partial charge < -0.3 is 9.05 Å². The molecule has 0 spiro atoms. The quantitative estimate of drug-likeness (QED) is 0.419. The van der Waals surface area contributed by atoms with E-state index in [1.165, 1.54) is 19.3 Å². The van der Waals surface area contributed by atoms with Crippen LogP contribution in [0.5, 0.6) is 0 Å². The molecule has 0 saturated carbocycles. The van der Waals surface area contributed by atoms with E-state index in [2.05, 4.69) is 24.6 Å². The van der Waals surface area contributed by atoms with Crippen molar-refractivity contribution in [2.75, 3.05) is 13.1 Å². The van der Waals surface area contributed by atoms with Gasteiger partial charge in [-0.3, -0.25) is 0 Å². The van der Waals surface area contributed by atoms with Gasteiger partial charge in [-0.15, -0.1) is 0 Å². The molecule has 4 nitrogen and oxygen atoms in total. The minimum atomic E-state index is -1.09. The van der Waals surface area contributed by atoms with Crippen LogP contribution in [0.25, 0.3) is 0 Å². The van der Waals surface area contributed by atoms with Gasteiger partial charge in [-0.1, -0.05) is 33.1 Å². The average molecular weight is 330 g/mol. The van der Waals surface area contributed by atoms with Crippen molar-refractivity contribution in [3.05, 3.63) is 0 Å². The largest absolute Gasteiger partial charge is 0.319 e. The van der Waals surface area contributed by atoms with Crippen molar-refractivity contribution in [1.82, 2.24) is 4.67 Å². The van der Waals surface area contributed by atoms with Gasteiger partial charge in [0, 0.05) is 19.5 Å². The first kappa shape index (κ1) is 21.8. The highest BCUT2D eigenvalue weighted by atomic mass is 31.2. The maximum absolute atomic E-state index is 8.94. The first-order valence-corrected chi connectivity index (χ1v) is 9.82. The highest BCUT2D eigenvalue weighted by molar-refractivity contribution is 7.44. The molecule has 130 valence electrons. The summed E-state index contributed by atoms with van der Waals surface area (Å²) < 4.78 is 14.3. The fourth-order valence-electron chi connectivity index (χ4n) is 2.15. The molecule has 0 saturated heterocycles. The van der Waals surface area contributed by atoms with Crippen LogP contribution in [0.4, 0.5) is 0 Å². The Balaban J connectivity index is 4.87. The topological polar surface area (TPSA) is 45.5 Å². The molecule has 0 aromatic carbocycles. The van der Waals surface area contributed by atoms with Crippen molar-refractivity contribution in [2.45, 2.75) is 85.9 Å². The third-order valence-corrected chi connectivity index (χ3v) is 5.36. The fourth-order valence-corrected chi connectivity index (χ4v) is 3.82. The lowest BCUT2D eigenvalue weighted by atomic mass is 9.99. The van der Waals surface area contributed by atoms with Crippen LogP contribution in [-0.2, 0) is 9.05 Å². The summed E-state index contributed by atoms with van der Waals surface area (Å²) in [5.41, 5.74) is 0. The molecule has 5 heteroatoms. The van der Waals surface area contributed by atoms with Gasteiger partial charge in [0.05, 0.1) is 18.3 Å². The van der Waals surface area contributed by atoms with Crippen LogP contribution in [0, 0.1) is 17.2 Å². The van der Waals surface area contributed by atoms with E-state index >= 15 is 0 Å². The van der Waals surface area contributed by atoms with Crippen LogP contribution in [0.3, 0.4) is 0 Å². The van der Waals surface area contributed by atoms with Crippen molar-refractivity contribution >= 4 is 8.53 Å². The zero-order chi connectivity index (χ0) is 17.0. The number of nitrogens with zero attached hydrogens (tertiary/aromatic N) is 2.